The van der Waals surface area contributed by atoms with Gasteiger partial charge < -0.3 is 39.7 Å². The molecule has 0 spiro atoms. The summed E-state index contributed by atoms with van der Waals surface area (Å²) in [5.74, 6) is 1.25. The van der Waals surface area contributed by atoms with E-state index in [1.807, 2.05) is 0 Å². The van der Waals surface area contributed by atoms with Crippen LogP contribution in [0.4, 0.5) is 0 Å². The first-order chi connectivity index (χ1) is 26.2. The summed E-state index contributed by atoms with van der Waals surface area (Å²) in [4.78, 5) is 54.8. The van der Waals surface area contributed by atoms with Crippen LogP contribution in [-0.4, -0.2) is 119 Å². The summed E-state index contributed by atoms with van der Waals surface area (Å²) in [6.07, 6.45) is 11.3. The Labute approximate surface area is 329 Å². The maximum absolute atomic E-state index is 13.6. The van der Waals surface area contributed by atoms with Crippen molar-refractivity contribution in [1.29, 1.82) is 0 Å². The van der Waals surface area contributed by atoms with Gasteiger partial charge in [-0.1, -0.05) is 59.5 Å². The predicted molar refractivity (Wildman–Crippen MR) is 208 cm³/mol. The molecule has 0 aliphatic heterocycles. The molecule has 12 nitrogen and oxygen atoms in total. The number of nitrogens with zero attached hydrogens (tertiary/aromatic N) is 2. The van der Waals surface area contributed by atoms with Gasteiger partial charge in [0.05, 0.1) is 39.3 Å². The second-order valence-corrected chi connectivity index (χ2v) is 17.9. The van der Waals surface area contributed by atoms with E-state index in [0.717, 1.165) is 31.3 Å². The minimum Gasteiger partial charge on any atom is -0.462 e. The molecule has 314 valence electrons. The highest BCUT2D eigenvalue weighted by Crippen LogP contribution is 2.67. The number of amides is 2. The average molecular weight is 777 g/mol. The van der Waals surface area contributed by atoms with Crippen LogP contribution in [0.2, 0.25) is 0 Å². The van der Waals surface area contributed by atoms with Crippen molar-refractivity contribution < 1.29 is 49.1 Å². The summed E-state index contributed by atoms with van der Waals surface area (Å²) in [5, 5.41) is 37.3. The van der Waals surface area contributed by atoms with E-state index in [2.05, 4.69) is 40.7 Å². The third kappa shape index (κ3) is 11.1. The van der Waals surface area contributed by atoms with Gasteiger partial charge in [0.15, 0.2) is 0 Å². The monoisotopic (exact) mass is 777 g/mol. The lowest BCUT2D eigenvalue weighted by molar-refractivity contribution is -0.163. The van der Waals surface area contributed by atoms with Crippen LogP contribution in [0.25, 0.3) is 0 Å². The predicted octanol–water partition coefficient (Wildman–Crippen LogP) is 4.65. The highest BCUT2D eigenvalue weighted by atomic mass is 16.5. The number of esters is 2. The summed E-state index contributed by atoms with van der Waals surface area (Å²) in [5.41, 5.74) is 1.16. The molecule has 4 rings (SSSR count). The van der Waals surface area contributed by atoms with Gasteiger partial charge in [0.1, 0.15) is 12.2 Å². The Balaban J connectivity index is 1.53. The maximum atomic E-state index is 13.6. The lowest BCUT2D eigenvalue weighted by Crippen LogP contribution is -2.55. The summed E-state index contributed by atoms with van der Waals surface area (Å²) in [6.45, 7) is 11.3. The standard InChI is InChI=1S/C43H72N2O10/c1-29(2)7-6-8-30(3)33-9-10-34-41-35(16-18-43(33,34)5)42(4)17-15-32(54-39(52)13-11-37(50)44(19-23-46)20-24-47)27-31(42)28-36(41)55-40(53)14-12-38(51)45(21-25-48)22-26-49/h28-30,32-36,41,46-49H,6-27H2,1-5H3/t30-,32+,33-,34+,35+,36?,41?,42+,43-/m1/s1. The topological polar surface area (TPSA) is 174 Å². The van der Waals surface area contributed by atoms with Crippen molar-refractivity contribution in [2.45, 2.75) is 137 Å². The molecule has 0 bridgehead atoms. The molecule has 0 heterocycles. The van der Waals surface area contributed by atoms with Crippen LogP contribution in [-0.2, 0) is 28.7 Å². The Morgan fingerprint density at radius 1 is 0.727 bits per heavy atom. The highest BCUT2D eigenvalue weighted by molar-refractivity contribution is 5.82. The minimum atomic E-state index is -0.461. The van der Waals surface area contributed by atoms with E-state index in [4.69, 9.17) is 9.47 Å². The SMILES string of the molecule is CC(C)CCC[C@@H](C)[C@H]1CC[C@H]2C3C(OC(=O)CCC(=O)N(CCO)CCO)C=C4C[C@@H](OC(=O)CCC(=O)N(CCO)CCO)CC[C@]4(C)[C@H]3CC[C@]12C. The van der Waals surface area contributed by atoms with Gasteiger partial charge in [0.2, 0.25) is 11.8 Å². The van der Waals surface area contributed by atoms with Gasteiger partial charge >= 0.3 is 11.9 Å². The third-order valence-corrected chi connectivity index (χ3v) is 14.1. The average Bonchev–Trinajstić information content (AvgIpc) is 3.50. The van der Waals surface area contributed by atoms with E-state index >= 15 is 0 Å². The molecule has 0 aromatic carbocycles. The van der Waals surface area contributed by atoms with Crippen molar-refractivity contribution in [3.63, 3.8) is 0 Å². The molecule has 0 aromatic rings. The lowest BCUT2D eigenvalue weighted by atomic mass is 9.46. The zero-order valence-corrected chi connectivity index (χ0v) is 34.4. The van der Waals surface area contributed by atoms with E-state index < -0.39 is 18.0 Å². The van der Waals surface area contributed by atoms with Crippen LogP contribution >= 0.6 is 0 Å². The first kappa shape index (κ1) is 45.2. The third-order valence-electron chi connectivity index (χ3n) is 14.1. The molecule has 4 aliphatic carbocycles. The number of fused-ring (bicyclic) bond motifs is 5. The van der Waals surface area contributed by atoms with Crippen molar-refractivity contribution in [2.24, 2.45) is 46.3 Å². The van der Waals surface area contributed by atoms with Gasteiger partial charge in [-0.3, -0.25) is 19.2 Å². The summed E-state index contributed by atoms with van der Waals surface area (Å²) in [7, 11) is 0. The van der Waals surface area contributed by atoms with Gasteiger partial charge in [-0.2, -0.15) is 0 Å². The number of rotatable bonds is 21. The Morgan fingerprint density at radius 3 is 1.84 bits per heavy atom. The van der Waals surface area contributed by atoms with Crippen LogP contribution < -0.4 is 0 Å². The van der Waals surface area contributed by atoms with E-state index in [0.29, 0.717) is 42.4 Å². The first-order valence-electron chi connectivity index (χ1n) is 21.3. The lowest BCUT2D eigenvalue weighted by Gasteiger charge is -2.59. The number of aliphatic hydroxyl groups is 4. The Hall–Kier alpha value is -2.54. The first-order valence-corrected chi connectivity index (χ1v) is 21.3. The largest absolute Gasteiger partial charge is 0.462 e. The molecule has 12 heteroatoms. The number of carbonyl (C=O) groups excluding carboxylic acids is 4. The molecule has 9 atom stereocenters. The highest BCUT2D eigenvalue weighted by Gasteiger charge is 2.62. The zero-order chi connectivity index (χ0) is 40.3. The molecular weight excluding hydrogens is 704 g/mol. The van der Waals surface area contributed by atoms with Gasteiger partial charge in [0.25, 0.3) is 0 Å². The number of carbonyl (C=O) groups is 4. The maximum Gasteiger partial charge on any atom is 0.306 e. The molecule has 2 unspecified atom stereocenters. The smallest absolute Gasteiger partial charge is 0.306 e. The Kier molecular flexibility index (Phi) is 17.0. The van der Waals surface area contributed by atoms with E-state index in [9.17, 15) is 39.6 Å². The fourth-order valence-corrected chi connectivity index (χ4v) is 11.2. The fourth-order valence-electron chi connectivity index (χ4n) is 11.2. The molecular formula is C43H72N2O10. The van der Waals surface area contributed by atoms with Crippen molar-refractivity contribution in [3.05, 3.63) is 11.6 Å². The molecule has 3 saturated carbocycles. The number of ether oxygens (including phenoxy) is 2. The van der Waals surface area contributed by atoms with Crippen LogP contribution in [0.5, 0.6) is 0 Å². The van der Waals surface area contributed by atoms with E-state index in [1.54, 1.807) is 0 Å². The van der Waals surface area contributed by atoms with Crippen molar-refractivity contribution >= 4 is 23.8 Å². The summed E-state index contributed by atoms with van der Waals surface area (Å²) >= 11 is 0. The van der Waals surface area contributed by atoms with Crippen molar-refractivity contribution in [3.8, 4) is 0 Å². The molecule has 4 aliphatic rings. The molecule has 3 fully saturated rings. The van der Waals surface area contributed by atoms with Gasteiger partial charge in [-0.15, -0.1) is 0 Å². The number of hydrogen-bond donors (Lipinski definition) is 4. The van der Waals surface area contributed by atoms with E-state index in [-0.39, 0.29) is 113 Å². The van der Waals surface area contributed by atoms with Gasteiger partial charge in [-0.05, 0) is 85.0 Å². The molecule has 2 amide bonds. The van der Waals surface area contributed by atoms with Gasteiger partial charge in [-0.25, -0.2) is 0 Å². The van der Waals surface area contributed by atoms with Crippen LogP contribution in [0, 0.1) is 46.3 Å². The van der Waals surface area contributed by atoms with Crippen LogP contribution in [0.15, 0.2) is 11.6 Å². The zero-order valence-electron chi connectivity index (χ0n) is 34.4. The van der Waals surface area contributed by atoms with Crippen molar-refractivity contribution in [1.82, 2.24) is 9.80 Å². The van der Waals surface area contributed by atoms with Gasteiger partial charge in [0, 0.05) is 51.4 Å². The second kappa shape index (κ2) is 20.8. The molecule has 0 saturated heterocycles. The quantitative estimate of drug-likeness (QED) is 0.0950. The molecule has 55 heavy (non-hydrogen) atoms. The molecule has 0 aromatic heterocycles. The summed E-state index contributed by atoms with van der Waals surface area (Å²) in [6, 6.07) is 0. The molecule has 0 radical (unpaired) electrons. The van der Waals surface area contributed by atoms with Crippen molar-refractivity contribution in [2.75, 3.05) is 52.6 Å². The Bertz CT molecular complexity index is 1310. The second-order valence-electron chi connectivity index (χ2n) is 17.9. The Morgan fingerprint density at radius 2 is 1.29 bits per heavy atom. The minimum absolute atomic E-state index is 0.0640. The van der Waals surface area contributed by atoms with Crippen LogP contribution in [0.3, 0.4) is 0 Å². The number of hydrogen-bond acceptors (Lipinski definition) is 10. The van der Waals surface area contributed by atoms with E-state index in [1.165, 1.54) is 35.5 Å². The fraction of sp³-hybridized carbons (Fsp3) is 0.860. The summed E-state index contributed by atoms with van der Waals surface area (Å²) < 4.78 is 12.4. The van der Waals surface area contributed by atoms with Crippen LogP contribution in [0.1, 0.15) is 125 Å². The number of aliphatic hydroxyl groups excluding tert-OH is 4. The normalized spacial score (nSPS) is 30.4. The molecule has 4 N–H and O–H groups in total.